The number of aliphatic hydroxyl groups excluding tert-OH is 2. The predicted octanol–water partition coefficient (Wildman–Crippen LogP) is -1.37. The smallest absolute Gasteiger partial charge is 0.394 e. The fourth-order valence-electron chi connectivity index (χ4n) is 2.01. The first kappa shape index (κ1) is 16.5. The van der Waals surface area contributed by atoms with Gasteiger partial charge in [0.25, 0.3) is 0 Å². The Balaban J connectivity index is 2.33. The third-order valence-corrected chi connectivity index (χ3v) is 3.63. The zero-order chi connectivity index (χ0) is 15.8. The van der Waals surface area contributed by atoms with E-state index in [1.807, 2.05) is 0 Å². The molecule has 0 spiro atoms. The molecule has 0 amide bonds. The quantitative estimate of drug-likeness (QED) is 0.330. The van der Waals surface area contributed by atoms with E-state index in [2.05, 4.69) is 9.51 Å². The summed E-state index contributed by atoms with van der Waals surface area (Å²) in [7, 11) is -4.90. The summed E-state index contributed by atoms with van der Waals surface area (Å²) in [6.45, 7) is -0.657. The van der Waals surface area contributed by atoms with Crippen LogP contribution in [0.1, 0.15) is 6.23 Å². The lowest BCUT2D eigenvalue weighted by Crippen LogP contribution is -2.37. The van der Waals surface area contributed by atoms with Gasteiger partial charge in [-0.15, -0.1) is 0 Å². The molecule has 0 unspecified atom stereocenters. The molecule has 5 N–H and O–H groups in total. The molecule has 0 aliphatic carbocycles. The summed E-state index contributed by atoms with van der Waals surface area (Å²) in [6, 6.07) is 1.37. The maximum atomic E-state index is 11.8. The Morgan fingerprint density at radius 2 is 2.19 bits per heavy atom. The molecule has 0 saturated carbocycles. The summed E-state index contributed by atoms with van der Waals surface area (Å²) in [5.74, 6) is 0. The van der Waals surface area contributed by atoms with Crippen LogP contribution in [0.15, 0.2) is 17.1 Å². The van der Waals surface area contributed by atoms with E-state index >= 15 is 0 Å². The number of phosphoric acid groups is 1. The number of hydrogen-bond acceptors (Lipinski definition) is 7. The minimum Gasteiger partial charge on any atom is -0.394 e. The molecule has 0 radical (unpaired) electrons. The molecule has 4 atom stereocenters. The maximum absolute atomic E-state index is 11.8. The van der Waals surface area contributed by atoms with Crippen molar-refractivity contribution in [3.63, 3.8) is 0 Å². The van der Waals surface area contributed by atoms with Crippen LogP contribution in [0.25, 0.3) is 0 Å². The third-order valence-electron chi connectivity index (χ3n) is 2.87. The van der Waals surface area contributed by atoms with Crippen LogP contribution in [0.4, 0.5) is 0 Å². The fraction of sp³-hybridized carbons (Fsp3) is 0.556. The molecule has 1 saturated heterocycles. The van der Waals surface area contributed by atoms with Gasteiger partial charge in [-0.3, -0.25) is 14.1 Å². The second kappa shape index (κ2) is 6.07. The van der Waals surface area contributed by atoms with Crippen LogP contribution < -0.4 is 5.69 Å². The first-order chi connectivity index (χ1) is 9.73. The van der Waals surface area contributed by atoms with Gasteiger partial charge in [0.2, 0.25) is 0 Å². The first-order valence-electron chi connectivity index (χ1n) is 5.73. The van der Waals surface area contributed by atoms with E-state index in [0.29, 0.717) is 0 Å². The topological polar surface area (TPSA) is 154 Å². The number of nitrogens with one attached hydrogen (secondary N) is 1. The van der Waals surface area contributed by atoms with E-state index in [-0.39, 0.29) is 4.64 Å². The minimum atomic E-state index is -4.90. The predicted molar refractivity (Wildman–Crippen MR) is 69.8 cm³/mol. The maximum Gasteiger partial charge on any atom is 0.470 e. The van der Waals surface area contributed by atoms with Gasteiger partial charge in [0.1, 0.15) is 23.0 Å². The number of nitrogens with zero attached hydrogens (tertiary/aromatic N) is 1. The number of phosphoric ester groups is 1. The molecule has 1 aliphatic rings. The van der Waals surface area contributed by atoms with Crippen molar-refractivity contribution >= 4 is 20.0 Å². The largest absolute Gasteiger partial charge is 0.470 e. The highest BCUT2D eigenvalue weighted by Gasteiger charge is 2.48. The van der Waals surface area contributed by atoms with Crippen molar-refractivity contribution in [1.29, 1.82) is 0 Å². The second-order valence-electron chi connectivity index (χ2n) is 4.32. The van der Waals surface area contributed by atoms with Gasteiger partial charge in [0.05, 0.1) is 6.61 Å². The number of aromatic nitrogens is 2. The molecule has 21 heavy (non-hydrogen) atoms. The molecule has 0 aromatic carbocycles. The summed E-state index contributed by atoms with van der Waals surface area (Å²) in [6.07, 6.45) is -4.29. The zero-order valence-corrected chi connectivity index (χ0v) is 12.1. The summed E-state index contributed by atoms with van der Waals surface area (Å²) >= 11 is 4.76. The Labute approximate surface area is 122 Å². The number of rotatable bonds is 4. The van der Waals surface area contributed by atoms with Crippen LogP contribution >= 0.6 is 20.0 Å². The van der Waals surface area contributed by atoms with E-state index in [9.17, 15) is 14.5 Å². The highest BCUT2D eigenvalue weighted by Crippen LogP contribution is 2.43. The van der Waals surface area contributed by atoms with E-state index in [4.69, 9.17) is 31.8 Å². The SMILES string of the molecule is O=c1[nH]c(=S)ccn1[C@@H]1O[C@H](CO)[C@@H](OP(=O)(O)O)[C@H]1O. The average molecular weight is 340 g/mol. The van der Waals surface area contributed by atoms with Gasteiger partial charge < -0.3 is 24.7 Å². The molecule has 1 aromatic rings. The molecule has 1 aromatic heterocycles. The van der Waals surface area contributed by atoms with Crippen LogP contribution in [0.3, 0.4) is 0 Å². The summed E-state index contributed by atoms with van der Waals surface area (Å²) in [5, 5.41) is 19.2. The van der Waals surface area contributed by atoms with Crippen molar-refractivity contribution < 1.29 is 33.8 Å². The Morgan fingerprint density at radius 3 is 2.71 bits per heavy atom. The molecule has 12 heteroatoms. The van der Waals surface area contributed by atoms with Crippen molar-refractivity contribution in [3.8, 4) is 0 Å². The van der Waals surface area contributed by atoms with Gasteiger partial charge in [-0.05, 0) is 6.07 Å². The van der Waals surface area contributed by atoms with Gasteiger partial charge in [-0.2, -0.15) is 0 Å². The van der Waals surface area contributed by atoms with Gasteiger partial charge in [0, 0.05) is 6.20 Å². The van der Waals surface area contributed by atoms with Crippen molar-refractivity contribution in [2.45, 2.75) is 24.5 Å². The lowest BCUT2D eigenvalue weighted by Gasteiger charge is -2.20. The van der Waals surface area contributed by atoms with Gasteiger partial charge in [-0.1, -0.05) is 12.2 Å². The second-order valence-corrected chi connectivity index (χ2v) is 5.95. The van der Waals surface area contributed by atoms with Crippen molar-refractivity contribution in [1.82, 2.24) is 9.55 Å². The van der Waals surface area contributed by atoms with Crippen LogP contribution in [0.5, 0.6) is 0 Å². The number of aromatic amines is 1. The molecule has 2 rings (SSSR count). The Morgan fingerprint density at radius 1 is 1.52 bits per heavy atom. The van der Waals surface area contributed by atoms with E-state index in [1.165, 1.54) is 12.3 Å². The van der Waals surface area contributed by atoms with Crippen LogP contribution in [0, 0.1) is 4.64 Å². The number of ether oxygens (including phenoxy) is 1. The van der Waals surface area contributed by atoms with E-state index in [1.54, 1.807) is 0 Å². The number of H-pyrrole nitrogens is 1. The zero-order valence-electron chi connectivity index (χ0n) is 10.4. The highest BCUT2D eigenvalue weighted by molar-refractivity contribution is 7.71. The highest BCUT2D eigenvalue weighted by atomic mass is 32.1. The Bertz CT molecular complexity index is 668. The van der Waals surface area contributed by atoms with Gasteiger partial charge >= 0.3 is 13.5 Å². The molecule has 0 bridgehead atoms. The third kappa shape index (κ3) is 3.65. The molecular weight excluding hydrogens is 327 g/mol. The summed E-state index contributed by atoms with van der Waals surface area (Å²) in [4.78, 5) is 31.7. The van der Waals surface area contributed by atoms with Crippen molar-refractivity contribution in [2.75, 3.05) is 6.61 Å². The summed E-state index contributed by atoms with van der Waals surface area (Å²) in [5.41, 5.74) is -0.680. The molecule has 10 nitrogen and oxygen atoms in total. The van der Waals surface area contributed by atoms with Gasteiger partial charge in [-0.25, -0.2) is 9.36 Å². The van der Waals surface area contributed by atoms with E-state index in [0.717, 1.165) is 4.57 Å². The number of hydrogen-bond donors (Lipinski definition) is 5. The molecule has 1 fully saturated rings. The lowest BCUT2D eigenvalue weighted by atomic mass is 10.1. The van der Waals surface area contributed by atoms with Crippen molar-refractivity contribution in [3.05, 3.63) is 27.4 Å². The van der Waals surface area contributed by atoms with Crippen LogP contribution in [-0.2, 0) is 13.8 Å². The summed E-state index contributed by atoms with van der Waals surface area (Å²) < 4.78 is 21.7. The van der Waals surface area contributed by atoms with Crippen LogP contribution in [0.2, 0.25) is 0 Å². The Kier molecular flexibility index (Phi) is 4.76. The Hall–Kier alpha value is -0.910. The number of aliphatic hydroxyl groups is 2. The lowest BCUT2D eigenvalue weighted by molar-refractivity contribution is -0.0548. The first-order valence-corrected chi connectivity index (χ1v) is 7.66. The van der Waals surface area contributed by atoms with Crippen molar-refractivity contribution in [2.24, 2.45) is 0 Å². The van der Waals surface area contributed by atoms with Gasteiger partial charge in [0.15, 0.2) is 6.23 Å². The molecule has 118 valence electrons. The molecule has 2 heterocycles. The fourth-order valence-corrected chi connectivity index (χ4v) is 2.74. The molecular formula is C9H13N2O8PS. The minimum absolute atomic E-state index is 0.172. The van der Waals surface area contributed by atoms with E-state index < -0.39 is 44.7 Å². The monoisotopic (exact) mass is 340 g/mol. The normalized spacial score (nSPS) is 29.7. The van der Waals surface area contributed by atoms with Crippen LogP contribution in [-0.4, -0.2) is 54.5 Å². The standard InChI is InChI=1S/C9H13N2O8PS/c12-3-4-7(19-20(15,16)17)6(13)8(18-4)11-2-1-5(21)10-9(11)14/h1-2,4,6-8,12-13H,3H2,(H,10,14,21)(H2,15,16,17)/t4-,6-,7-,8-/m1/s1. The molecule has 1 aliphatic heterocycles. The average Bonchev–Trinajstić information content (AvgIpc) is 2.65.